The first-order chi connectivity index (χ1) is 8.06. The molecule has 0 unspecified atom stereocenters. The van der Waals surface area contributed by atoms with E-state index in [1.54, 1.807) is 7.11 Å². The van der Waals surface area contributed by atoms with E-state index in [4.69, 9.17) is 10.5 Å². The first-order valence-electron chi connectivity index (χ1n) is 6.21. The van der Waals surface area contributed by atoms with Gasteiger partial charge in [-0.2, -0.15) is 0 Å². The molecule has 0 saturated carbocycles. The Morgan fingerprint density at radius 1 is 1.35 bits per heavy atom. The van der Waals surface area contributed by atoms with Crippen LogP contribution in [0.4, 0.5) is 5.69 Å². The summed E-state index contributed by atoms with van der Waals surface area (Å²) in [4.78, 5) is 2.40. The molecule has 96 valence electrons. The summed E-state index contributed by atoms with van der Waals surface area (Å²) in [5.41, 5.74) is 7.98. The molecule has 0 spiro atoms. The number of nitrogens with two attached hydrogens (primary N) is 1. The summed E-state index contributed by atoms with van der Waals surface area (Å²) in [5, 5.41) is 0. The van der Waals surface area contributed by atoms with Crippen molar-refractivity contribution < 1.29 is 4.74 Å². The molecule has 0 aliphatic carbocycles. The third-order valence-electron chi connectivity index (χ3n) is 2.81. The zero-order chi connectivity index (χ0) is 12.8. The highest BCUT2D eigenvalue weighted by atomic mass is 16.5. The van der Waals surface area contributed by atoms with E-state index in [1.165, 1.54) is 0 Å². The van der Waals surface area contributed by atoms with E-state index in [9.17, 15) is 0 Å². The van der Waals surface area contributed by atoms with Crippen molar-refractivity contribution in [2.24, 2.45) is 5.92 Å². The lowest BCUT2D eigenvalue weighted by molar-refractivity contribution is 0.248. The molecule has 0 atom stereocenters. The highest BCUT2D eigenvalue weighted by molar-refractivity contribution is 5.50. The van der Waals surface area contributed by atoms with Crippen LogP contribution in [0.5, 0.6) is 5.75 Å². The van der Waals surface area contributed by atoms with Crippen LogP contribution in [0.2, 0.25) is 0 Å². The molecule has 0 amide bonds. The zero-order valence-corrected chi connectivity index (χ0v) is 11.4. The van der Waals surface area contributed by atoms with Crippen LogP contribution in [0.1, 0.15) is 26.3 Å². The maximum atomic E-state index is 6.00. The number of nitrogens with zero attached hydrogens (tertiary/aromatic N) is 1. The summed E-state index contributed by atoms with van der Waals surface area (Å²) in [7, 11) is 1.68. The molecular weight excluding hydrogens is 212 g/mol. The molecule has 0 saturated heterocycles. The van der Waals surface area contributed by atoms with Crippen LogP contribution >= 0.6 is 0 Å². The van der Waals surface area contributed by atoms with Gasteiger partial charge in [0.1, 0.15) is 5.75 Å². The summed E-state index contributed by atoms with van der Waals surface area (Å²) in [6, 6.07) is 5.84. The van der Waals surface area contributed by atoms with Gasteiger partial charge in [0.15, 0.2) is 0 Å². The van der Waals surface area contributed by atoms with E-state index < -0.39 is 0 Å². The minimum absolute atomic E-state index is 0.668. The van der Waals surface area contributed by atoms with Crippen LogP contribution in [0.15, 0.2) is 18.2 Å². The van der Waals surface area contributed by atoms with Crippen molar-refractivity contribution in [2.75, 3.05) is 25.9 Å². The fourth-order valence-electron chi connectivity index (χ4n) is 1.91. The van der Waals surface area contributed by atoms with Gasteiger partial charge in [-0.25, -0.2) is 0 Å². The smallest absolute Gasteiger partial charge is 0.119 e. The van der Waals surface area contributed by atoms with Crippen molar-refractivity contribution in [2.45, 2.75) is 27.3 Å². The molecule has 1 rings (SSSR count). The fourth-order valence-corrected chi connectivity index (χ4v) is 1.91. The minimum Gasteiger partial charge on any atom is -0.497 e. The van der Waals surface area contributed by atoms with Gasteiger partial charge >= 0.3 is 0 Å². The van der Waals surface area contributed by atoms with E-state index in [0.717, 1.165) is 36.6 Å². The molecule has 17 heavy (non-hydrogen) atoms. The summed E-state index contributed by atoms with van der Waals surface area (Å²) in [5.74, 6) is 1.54. The SMILES string of the molecule is CCN(Cc1cc(OC)ccc1N)CC(C)C. The van der Waals surface area contributed by atoms with Gasteiger partial charge in [0.05, 0.1) is 7.11 Å². The molecule has 3 nitrogen and oxygen atoms in total. The maximum Gasteiger partial charge on any atom is 0.119 e. The van der Waals surface area contributed by atoms with Crippen molar-refractivity contribution in [3.05, 3.63) is 23.8 Å². The van der Waals surface area contributed by atoms with Crippen molar-refractivity contribution in [1.82, 2.24) is 4.90 Å². The van der Waals surface area contributed by atoms with Crippen molar-refractivity contribution in [3.8, 4) is 5.75 Å². The van der Waals surface area contributed by atoms with Gasteiger partial charge in [-0.3, -0.25) is 4.90 Å². The average molecular weight is 236 g/mol. The Kier molecular flexibility index (Phi) is 5.29. The number of benzene rings is 1. The lowest BCUT2D eigenvalue weighted by Crippen LogP contribution is -2.27. The largest absolute Gasteiger partial charge is 0.497 e. The number of ether oxygens (including phenoxy) is 1. The molecule has 0 aromatic heterocycles. The number of hydrogen-bond acceptors (Lipinski definition) is 3. The Bertz CT molecular complexity index is 350. The number of hydrogen-bond donors (Lipinski definition) is 1. The van der Waals surface area contributed by atoms with Gasteiger partial charge < -0.3 is 10.5 Å². The maximum absolute atomic E-state index is 6.00. The Labute approximate surface area is 105 Å². The zero-order valence-electron chi connectivity index (χ0n) is 11.4. The molecule has 0 aliphatic rings. The van der Waals surface area contributed by atoms with Crippen molar-refractivity contribution >= 4 is 5.69 Å². The minimum atomic E-state index is 0.668. The topological polar surface area (TPSA) is 38.5 Å². The quantitative estimate of drug-likeness (QED) is 0.772. The van der Waals surface area contributed by atoms with Crippen LogP contribution in [0.3, 0.4) is 0 Å². The molecule has 0 bridgehead atoms. The summed E-state index contributed by atoms with van der Waals surface area (Å²) in [6.07, 6.45) is 0. The molecular formula is C14H24N2O. The standard InChI is InChI=1S/C14H24N2O/c1-5-16(9-11(2)3)10-12-8-13(17-4)6-7-14(12)15/h6-8,11H,5,9-10,15H2,1-4H3. The number of nitrogen functional groups attached to an aromatic ring is 1. The Morgan fingerprint density at radius 2 is 2.06 bits per heavy atom. The molecule has 0 fully saturated rings. The lowest BCUT2D eigenvalue weighted by atomic mass is 10.1. The summed E-state index contributed by atoms with van der Waals surface area (Å²) >= 11 is 0. The third kappa shape index (κ3) is 4.27. The van der Waals surface area contributed by atoms with Gasteiger partial charge in [0.2, 0.25) is 0 Å². The van der Waals surface area contributed by atoms with E-state index in [-0.39, 0.29) is 0 Å². The Hall–Kier alpha value is -1.22. The van der Waals surface area contributed by atoms with Crippen LogP contribution in [-0.2, 0) is 6.54 Å². The third-order valence-corrected chi connectivity index (χ3v) is 2.81. The first kappa shape index (κ1) is 13.8. The molecule has 2 N–H and O–H groups in total. The average Bonchev–Trinajstić information content (AvgIpc) is 2.30. The van der Waals surface area contributed by atoms with E-state index in [2.05, 4.69) is 25.7 Å². The van der Waals surface area contributed by atoms with Crippen molar-refractivity contribution in [3.63, 3.8) is 0 Å². The highest BCUT2D eigenvalue weighted by Gasteiger charge is 2.09. The molecule has 1 aromatic carbocycles. The lowest BCUT2D eigenvalue weighted by Gasteiger charge is -2.23. The fraction of sp³-hybridized carbons (Fsp3) is 0.571. The van der Waals surface area contributed by atoms with Gasteiger partial charge in [-0.1, -0.05) is 20.8 Å². The van der Waals surface area contributed by atoms with E-state index >= 15 is 0 Å². The number of methoxy groups -OCH3 is 1. The monoisotopic (exact) mass is 236 g/mol. The summed E-state index contributed by atoms with van der Waals surface area (Å²) < 4.78 is 5.23. The second kappa shape index (κ2) is 6.50. The number of rotatable bonds is 6. The normalized spacial score (nSPS) is 11.2. The van der Waals surface area contributed by atoms with Crippen LogP contribution < -0.4 is 10.5 Å². The molecule has 0 aliphatic heterocycles. The van der Waals surface area contributed by atoms with Crippen molar-refractivity contribution in [1.29, 1.82) is 0 Å². The Morgan fingerprint density at radius 3 is 2.59 bits per heavy atom. The molecule has 0 radical (unpaired) electrons. The molecule has 0 heterocycles. The van der Waals surface area contributed by atoms with E-state index in [0.29, 0.717) is 5.92 Å². The number of anilines is 1. The van der Waals surface area contributed by atoms with Crippen LogP contribution in [-0.4, -0.2) is 25.1 Å². The second-order valence-corrected chi connectivity index (χ2v) is 4.79. The van der Waals surface area contributed by atoms with Gasteiger partial charge in [0.25, 0.3) is 0 Å². The second-order valence-electron chi connectivity index (χ2n) is 4.79. The van der Waals surface area contributed by atoms with Crippen LogP contribution in [0.25, 0.3) is 0 Å². The Balaban J connectivity index is 2.77. The van der Waals surface area contributed by atoms with Crippen LogP contribution in [0, 0.1) is 5.92 Å². The summed E-state index contributed by atoms with van der Waals surface area (Å²) in [6.45, 7) is 9.66. The molecule has 3 heteroatoms. The predicted molar refractivity (Wildman–Crippen MR) is 73.2 cm³/mol. The highest BCUT2D eigenvalue weighted by Crippen LogP contribution is 2.21. The van der Waals surface area contributed by atoms with E-state index in [1.807, 2.05) is 18.2 Å². The van der Waals surface area contributed by atoms with Gasteiger partial charge in [-0.05, 0) is 36.2 Å². The first-order valence-corrected chi connectivity index (χ1v) is 6.21. The van der Waals surface area contributed by atoms with Gasteiger partial charge in [-0.15, -0.1) is 0 Å². The molecule has 1 aromatic rings. The predicted octanol–water partition coefficient (Wildman–Crippen LogP) is 2.76. The van der Waals surface area contributed by atoms with Gasteiger partial charge in [0, 0.05) is 18.8 Å².